The van der Waals surface area contributed by atoms with Crippen molar-refractivity contribution < 1.29 is 8.42 Å². The lowest BCUT2D eigenvalue weighted by atomic mass is 9.86. The van der Waals surface area contributed by atoms with Gasteiger partial charge < -0.3 is 10.6 Å². The molecule has 0 saturated heterocycles. The molecule has 0 aliphatic heterocycles. The summed E-state index contributed by atoms with van der Waals surface area (Å²) < 4.78 is 27.9. The normalized spacial score (nSPS) is 19.4. The van der Waals surface area contributed by atoms with E-state index in [0.29, 0.717) is 29.3 Å². The van der Waals surface area contributed by atoms with Gasteiger partial charge in [0.05, 0.1) is 4.90 Å². The SMILES string of the molecule is CC(C)Nc1nc(Cl)nc(NCC2CCC(N(C)S(=O)(=O)c3ccc(C(C)(C)C)cc3)CC2)n1. The van der Waals surface area contributed by atoms with Crippen molar-refractivity contribution in [2.75, 3.05) is 24.2 Å². The van der Waals surface area contributed by atoms with E-state index >= 15 is 0 Å². The van der Waals surface area contributed by atoms with Gasteiger partial charge >= 0.3 is 0 Å². The quantitative estimate of drug-likeness (QED) is 0.521. The maximum absolute atomic E-state index is 13.2. The molecule has 1 saturated carbocycles. The van der Waals surface area contributed by atoms with Crippen molar-refractivity contribution in [3.8, 4) is 0 Å². The number of sulfonamides is 1. The number of anilines is 2. The molecule has 0 unspecified atom stereocenters. The van der Waals surface area contributed by atoms with Crippen molar-refractivity contribution in [2.45, 2.75) is 82.7 Å². The van der Waals surface area contributed by atoms with Crippen LogP contribution >= 0.6 is 11.6 Å². The highest BCUT2D eigenvalue weighted by Crippen LogP contribution is 2.31. The number of halogens is 1. The average molecular weight is 509 g/mol. The van der Waals surface area contributed by atoms with Gasteiger partial charge in [-0.25, -0.2) is 8.42 Å². The number of hydrogen-bond acceptors (Lipinski definition) is 7. The van der Waals surface area contributed by atoms with Crippen molar-refractivity contribution in [1.29, 1.82) is 0 Å². The molecular formula is C24H37ClN6O2S. The van der Waals surface area contributed by atoms with Crippen LogP contribution in [0.5, 0.6) is 0 Å². The van der Waals surface area contributed by atoms with E-state index in [1.807, 2.05) is 26.0 Å². The molecule has 2 aromatic rings. The molecule has 1 aromatic carbocycles. The third-order valence-electron chi connectivity index (χ3n) is 6.30. The maximum atomic E-state index is 13.2. The Morgan fingerprint density at radius 1 is 1.03 bits per heavy atom. The van der Waals surface area contributed by atoms with E-state index in [4.69, 9.17) is 11.6 Å². The molecule has 1 aliphatic carbocycles. The molecule has 1 heterocycles. The number of benzene rings is 1. The molecule has 0 spiro atoms. The zero-order valence-electron chi connectivity index (χ0n) is 21.0. The summed E-state index contributed by atoms with van der Waals surface area (Å²) in [5, 5.41) is 6.54. The van der Waals surface area contributed by atoms with Crippen LogP contribution in [0.1, 0.15) is 65.9 Å². The summed E-state index contributed by atoms with van der Waals surface area (Å²) in [7, 11) is -1.82. The Labute approximate surface area is 209 Å². The fourth-order valence-electron chi connectivity index (χ4n) is 4.19. The minimum Gasteiger partial charge on any atom is -0.354 e. The van der Waals surface area contributed by atoms with Crippen LogP contribution in [-0.2, 0) is 15.4 Å². The number of hydrogen-bond donors (Lipinski definition) is 2. The van der Waals surface area contributed by atoms with Crippen LogP contribution in [0.2, 0.25) is 5.28 Å². The number of nitrogens with zero attached hydrogens (tertiary/aromatic N) is 4. The van der Waals surface area contributed by atoms with Crippen LogP contribution in [-0.4, -0.2) is 53.4 Å². The minimum absolute atomic E-state index is 0.00277. The van der Waals surface area contributed by atoms with Gasteiger partial charge in [0.2, 0.25) is 27.2 Å². The van der Waals surface area contributed by atoms with Crippen LogP contribution < -0.4 is 10.6 Å². The highest BCUT2D eigenvalue weighted by atomic mass is 35.5. The van der Waals surface area contributed by atoms with Gasteiger partial charge in [-0.1, -0.05) is 32.9 Å². The van der Waals surface area contributed by atoms with Crippen molar-refractivity contribution in [1.82, 2.24) is 19.3 Å². The molecule has 0 radical (unpaired) electrons. The minimum atomic E-state index is -3.52. The predicted octanol–water partition coefficient (Wildman–Crippen LogP) is 4.93. The van der Waals surface area contributed by atoms with Crippen LogP contribution in [0.3, 0.4) is 0 Å². The average Bonchev–Trinajstić information content (AvgIpc) is 2.76. The summed E-state index contributed by atoms with van der Waals surface area (Å²) in [5.74, 6) is 1.31. The number of rotatable bonds is 8. The van der Waals surface area contributed by atoms with E-state index in [1.165, 1.54) is 0 Å². The van der Waals surface area contributed by atoms with E-state index in [1.54, 1.807) is 23.5 Å². The number of nitrogens with one attached hydrogen (secondary N) is 2. The molecule has 8 nitrogen and oxygen atoms in total. The summed E-state index contributed by atoms with van der Waals surface area (Å²) in [5.41, 5.74) is 1.11. The standard InChI is InChI=1S/C24H37ClN6O2S/c1-16(2)27-23-29-21(25)28-22(30-23)26-15-17-7-11-19(12-8-17)31(6)34(32,33)20-13-9-18(10-14-20)24(3,4)5/h9-10,13-14,16-17,19H,7-8,11-12,15H2,1-6H3,(H2,26,27,28,29,30). The Kier molecular flexibility index (Phi) is 8.42. The Balaban J connectivity index is 1.55. The Morgan fingerprint density at radius 3 is 2.18 bits per heavy atom. The molecule has 10 heteroatoms. The fourth-order valence-corrected chi connectivity index (χ4v) is 5.77. The molecule has 34 heavy (non-hydrogen) atoms. The molecule has 188 valence electrons. The smallest absolute Gasteiger partial charge is 0.243 e. The van der Waals surface area contributed by atoms with Gasteiger partial charge in [0, 0.05) is 25.7 Å². The Hall–Kier alpha value is -1.97. The Bertz CT molecular complexity index is 1060. The molecule has 1 aromatic heterocycles. The van der Waals surface area contributed by atoms with Crippen LogP contribution in [0.25, 0.3) is 0 Å². The first-order valence-corrected chi connectivity index (χ1v) is 13.7. The molecule has 1 fully saturated rings. The summed E-state index contributed by atoms with van der Waals surface area (Å²) in [6.45, 7) is 11.1. The largest absolute Gasteiger partial charge is 0.354 e. The molecule has 0 bridgehead atoms. The molecule has 3 rings (SSSR count). The fraction of sp³-hybridized carbons (Fsp3) is 0.625. The third-order valence-corrected chi connectivity index (χ3v) is 8.40. The van der Waals surface area contributed by atoms with Gasteiger partial charge in [0.15, 0.2) is 0 Å². The molecular weight excluding hydrogens is 472 g/mol. The highest BCUT2D eigenvalue weighted by molar-refractivity contribution is 7.89. The van der Waals surface area contributed by atoms with Gasteiger partial charge in [-0.15, -0.1) is 0 Å². The summed E-state index contributed by atoms with van der Waals surface area (Å²) >= 11 is 6.03. The lowest BCUT2D eigenvalue weighted by molar-refractivity contribution is 0.242. The summed E-state index contributed by atoms with van der Waals surface area (Å²) in [4.78, 5) is 13.0. The lowest BCUT2D eigenvalue weighted by Crippen LogP contribution is -2.40. The predicted molar refractivity (Wildman–Crippen MR) is 138 cm³/mol. The van der Waals surface area contributed by atoms with Gasteiger partial charge in [0.1, 0.15) is 0 Å². The topological polar surface area (TPSA) is 100 Å². The van der Waals surface area contributed by atoms with Gasteiger partial charge in [-0.2, -0.15) is 19.3 Å². The summed E-state index contributed by atoms with van der Waals surface area (Å²) in [6, 6.07) is 7.47. The monoisotopic (exact) mass is 508 g/mol. The second kappa shape index (κ2) is 10.7. The first-order chi connectivity index (χ1) is 15.9. The number of aromatic nitrogens is 3. The zero-order chi connectivity index (χ0) is 25.1. The summed E-state index contributed by atoms with van der Waals surface area (Å²) in [6.07, 6.45) is 3.49. The second-order valence-corrected chi connectivity index (χ2v) is 12.7. The van der Waals surface area contributed by atoms with Crippen LogP contribution in [0, 0.1) is 5.92 Å². The van der Waals surface area contributed by atoms with Crippen LogP contribution in [0.15, 0.2) is 29.2 Å². The first-order valence-electron chi connectivity index (χ1n) is 11.9. The van der Waals surface area contributed by atoms with E-state index in [9.17, 15) is 8.42 Å². The molecule has 1 aliphatic rings. The van der Waals surface area contributed by atoms with Crippen molar-refractivity contribution in [3.63, 3.8) is 0 Å². The van der Waals surface area contributed by atoms with E-state index in [2.05, 4.69) is 46.4 Å². The molecule has 0 atom stereocenters. The lowest BCUT2D eigenvalue weighted by Gasteiger charge is -2.34. The van der Waals surface area contributed by atoms with E-state index in [-0.39, 0.29) is 22.8 Å². The van der Waals surface area contributed by atoms with E-state index in [0.717, 1.165) is 31.2 Å². The first kappa shape index (κ1) is 26.6. The van der Waals surface area contributed by atoms with E-state index < -0.39 is 10.0 Å². The maximum Gasteiger partial charge on any atom is 0.243 e. The highest BCUT2D eigenvalue weighted by Gasteiger charge is 2.31. The van der Waals surface area contributed by atoms with Gasteiger partial charge in [0.25, 0.3) is 0 Å². The Morgan fingerprint density at radius 2 is 1.62 bits per heavy atom. The second-order valence-electron chi connectivity index (χ2n) is 10.4. The molecule has 0 amide bonds. The van der Waals surface area contributed by atoms with Gasteiger partial charge in [-0.05, 0) is 80.2 Å². The molecule has 2 N–H and O–H groups in total. The van der Waals surface area contributed by atoms with Crippen LogP contribution in [0.4, 0.5) is 11.9 Å². The zero-order valence-corrected chi connectivity index (χ0v) is 22.5. The van der Waals surface area contributed by atoms with Crippen molar-refractivity contribution in [2.24, 2.45) is 5.92 Å². The third kappa shape index (κ3) is 6.79. The van der Waals surface area contributed by atoms with Crippen molar-refractivity contribution in [3.05, 3.63) is 35.1 Å². The van der Waals surface area contributed by atoms with Gasteiger partial charge in [-0.3, -0.25) is 0 Å². The van der Waals surface area contributed by atoms with Crippen molar-refractivity contribution >= 4 is 33.5 Å².